The summed E-state index contributed by atoms with van der Waals surface area (Å²) in [5.41, 5.74) is 2.35. The van der Waals surface area contributed by atoms with E-state index in [9.17, 15) is 19.5 Å². The first kappa shape index (κ1) is 22.4. The van der Waals surface area contributed by atoms with Gasteiger partial charge in [0.15, 0.2) is 5.76 Å². The molecule has 4 rings (SSSR count). The maximum Gasteiger partial charge on any atom is 0.337 e. The van der Waals surface area contributed by atoms with E-state index in [2.05, 4.69) is 4.98 Å². The van der Waals surface area contributed by atoms with Gasteiger partial charge in [-0.15, -0.1) is 11.3 Å². The van der Waals surface area contributed by atoms with Crippen LogP contribution in [0.3, 0.4) is 0 Å². The number of methoxy groups -OCH3 is 1. The zero-order valence-electron chi connectivity index (χ0n) is 18.4. The molecule has 0 fully saturated rings. The molecule has 0 bridgehead atoms. The van der Waals surface area contributed by atoms with E-state index in [-0.39, 0.29) is 12.1 Å². The molecule has 0 spiro atoms. The van der Waals surface area contributed by atoms with E-state index in [1.807, 2.05) is 30.3 Å². The van der Waals surface area contributed by atoms with Gasteiger partial charge in [0.1, 0.15) is 0 Å². The number of aliphatic hydroxyl groups excluding tert-OH is 1. The summed E-state index contributed by atoms with van der Waals surface area (Å²) in [6.07, 6.45) is 0. The summed E-state index contributed by atoms with van der Waals surface area (Å²) in [4.78, 5) is 44.7. The van der Waals surface area contributed by atoms with Crippen molar-refractivity contribution in [1.82, 2.24) is 9.88 Å². The molecule has 1 amide bonds. The fourth-order valence-electron chi connectivity index (χ4n) is 3.96. The highest BCUT2D eigenvalue weighted by molar-refractivity contribution is 7.14. The summed E-state index contributed by atoms with van der Waals surface area (Å²) in [7, 11) is 1.30. The minimum atomic E-state index is -0.821. The molecule has 0 saturated carbocycles. The fourth-order valence-corrected chi connectivity index (χ4v) is 4.83. The van der Waals surface area contributed by atoms with Crippen molar-refractivity contribution < 1.29 is 24.2 Å². The lowest BCUT2D eigenvalue weighted by Gasteiger charge is -2.27. The van der Waals surface area contributed by atoms with Gasteiger partial charge in [-0.05, 0) is 37.1 Å². The minimum Gasteiger partial charge on any atom is -0.503 e. The normalized spacial score (nSPS) is 15.8. The summed E-state index contributed by atoms with van der Waals surface area (Å²) >= 11 is 1.23. The molecule has 0 radical (unpaired) electrons. The number of ketones is 1. The molecule has 33 heavy (non-hydrogen) atoms. The second-order valence-corrected chi connectivity index (χ2v) is 8.88. The summed E-state index contributed by atoms with van der Waals surface area (Å²) in [5, 5.41) is 11.5. The summed E-state index contributed by atoms with van der Waals surface area (Å²) < 4.78 is 4.76. The second-order valence-electron chi connectivity index (χ2n) is 7.67. The Bertz CT molecular complexity index is 1260. The molecule has 1 aromatic heterocycles. The van der Waals surface area contributed by atoms with Gasteiger partial charge < -0.3 is 14.7 Å². The second kappa shape index (κ2) is 8.99. The third-order valence-electron chi connectivity index (χ3n) is 5.50. The van der Waals surface area contributed by atoms with Crippen LogP contribution in [0, 0.1) is 13.8 Å². The Hall–Kier alpha value is -3.78. The Kier molecular flexibility index (Phi) is 6.11. The van der Waals surface area contributed by atoms with Crippen LogP contribution in [-0.4, -0.2) is 39.8 Å². The predicted molar refractivity (Wildman–Crippen MR) is 123 cm³/mol. The zero-order valence-corrected chi connectivity index (χ0v) is 19.2. The highest BCUT2D eigenvalue weighted by atomic mass is 32.1. The Morgan fingerprint density at radius 3 is 2.33 bits per heavy atom. The number of aromatic nitrogens is 1. The van der Waals surface area contributed by atoms with Crippen LogP contribution in [0.2, 0.25) is 0 Å². The highest BCUT2D eigenvalue weighted by Crippen LogP contribution is 2.41. The number of aryl methyl sites for hydroxylation is 2. The van der Waals surface area contributed by atoms with Crippen molar-refractivity contribution in [2.45, 2.75) is 26.4 Å². The van der Waals surface area contributed by atoms with Crippen LogP contribution in [0.1, 0.15) is 47.9 Å². The van der Waals surface area contributed by atoms with Crippen LogP contribution < -0.4 is 0 Å². The number of benzene rings is 2. The van der Waals surface area contributed by atoms with E-state index in [1.54, 1.807) is 38.1 Å². The van der Waals surface area contributed by atoms with Gasteiger partial charge >= 0.3 is 5.97 Å². The SMILES string of the molecule is COC(=O)c1ccc(C2C(C(=O)c3sc(C)nc3C)=C(O)C(=O)N2Cc2ccccc2)cc1. The van der Waals surface area contributed by atoms with Crippen LogP contribution in [0.5, 0.6) is 0 Å². The first-order valence-electron chi connectivity index (χ1n) is 10.3. The highest BCUT2D eigenvalue weighted by Gasteiger charge is 2.44. The zero-order chi connectivity index (χ0) is 23.7. The van der Waals surface area contributed by atoms with Crippen molar-refractivity contribution in [2.75, 3.05) is 7.11 Å². The average molecular weight is 463 g/mol. The molecule has 2 heterocycles. The number of esters is 1. The average Bonchev–Trinajstić information content (AvgIpc) is 3.29. The summed E-state index contributed by atoms with van der Waals surface area (Å²) in [5.74, 6) is -2.11. The Labute approximate surface area is 195 Å². The Balaban J connectivity index is 1.80. The topological polar surface area (TPSA) is 96.8 Å². The van der Waals surface area contributed by atoms with Crippen molar-refractivity contribution in [3.8, 4) is 0 Å². The molecule has 1 unspecified atom stereocenters. The van der Waals surface area contributed by atoms with Gasteiger partial charge in [-0.1, -0.05) is 42.5 Å². The first-order valence-corrected chi connectivity index (χ1v) is 11.1. The molecular formula is C25H22N2O5S. The van der Waals surface area contributed by atoms with Gasteiger partial charge in [-0.3, -0.25) is 9.59 Å². The van der Waals surface area contributed by atoms with E-state index in [0.29, 0.717) is 21.7 Å². The number of nitrogens with zero attached hydrogens (tertiary/aromatic N) is 2. The van der Waals surface area contributed by atoms with Crippen LogP contribution in [0.4, 0.5) is 0 Å². The Morgan fingerprint density at radius 1 is 1.09 bits per heavy atom. The molecule has 0 saturated heterocycles. The number of amides is 1. The number of carbonyl (C=O) groups is 3. The standard InChI is InChI=1S/C25H22N2O5S/c1-14-23(33-15(2)26-14)21(28)19-20(17-9-11-18(12-10-17)25(31)32-3)27(24(30)22(19)29)13-16-7-5-4-6-8-16/h4-12,20,29H,13H2,1-3H3. The number of Topliss-reactive ketones (excluding diaryl/α,β-unsaturated/α-hetero) is 1. The first-order chi connectivity index (χ1) is 15.8. The van der Waals surface area contributed by atoms with Crippen molar-refractivity contribution in [3.05, 3.63) is 98.2 Å². The monoisotopic (exact) mass is 462 g/mol. The van der Waals surface area contributed by atoms with Gasteiger partial charge in [0.2, 0.25) is 5.78 Å². The van der Waals surface area contributed by atoms with Gasteiger partial charge in [0.25, 0.3) is 5.91 Å². The van der Waals surface area contributed by atoms with Crippen molar-refractivity contribution in [2.24, 2.45) is 0 Å². The smallest absolute Gasteiger partial charge is 0.337 e. The van der Waals surface area contributed by atoms with Crippen LogP contribution in [-0.2, 0) is 16.1 Å². The molecule has 7 nitrogen and oxygen atoms in total. The van der Waals surface area contributed by atoms with E-state index >= 15 is 0 Å². The van der Waals surface area contributed by atoms with Gasteiger partial charge in [0.05, 0.1) is 39.9 Å². The molecule has 1 N–H and O–H groups in total. The fraction of sp³-hybridized carbons (Fsp3) is 0.200. The maximum absolute atomic E-state index is 13.5. The number of aliphatic hydroxyl groups is 1. The molecule has 0 aliphatic carbocycles. The largest absolute Gasteiger partial charge is 0.503 e. The van der Waals surface area contributed by atoms with E-state index in [0.717, 1.165) is 10.6 Å². The lowest BCUT2D eigenvalue weighted by atomic mass is 9.94. The lowest BCUT2D eigenvalue weighted by Crippen LogP contribution is -2.30. The summed E-state index contributed by atoms with van der Waals surface area (Å²) in [6.45, 7) is 3.73. The number of thiazole rings is 1. The Morgan fingerprint density at radius 2 is 1.76 bits per heavy atom. The van der Waals surface area contributed by atoms with Crippen molar-refractivity contribution >= 4 is 29.0 Å². The molecule has 1 aliphatic rings. The molecule has 1 aliphatic heterocycles. The molecule has 2 aromatic carbocycles. The number of carbonyl (C=O) groups excluding carboxylic acids is 3. The number of ether oxygens (including phenoxy) is 1. The molecule has 1 atom stereocenters. The van der Waals surface area contributed by atoms with Gasteiger partial charge in [0, 0.05) is 6.54 Å². The third kappa shape index (κ3) is 4.17. The quantitative estimate of drug-likeness (QED) is 0.433. The molecule has 3 aromatic rings. The van der Waals surface area contributed by atoms with Crippen LogP contribution in [0.25, 0.3) is 0 Å². The van der Waals surface area contributed by atoms with Gasteiger partial charge in [-0.2, -0.15) is 0 Å². The number of hydrogen-bond acceptors (Lipinski definition) is 7. The van der Waals surface area contributed by atoms with Crippen molar-refractivity contribution in [1.29, 1.82) is 0 Å². The van der Waals surface area contributed by atoms with Gasteiger partial charge in [-0.25, -0.2) is 9.78 Å². The van der Waals surface area contributed by atoms with Crippen molar-refractivity contribution in [3.63, 3.8) is 0 Å². The number of rotatable bonds is 6. The lowest BCUT2D eigenvalue weighted by molar-refractivity contribution is -0.130. The van der Waals surface area contributed by atoms with Crippen LogP contribution >= 0.6 is 11.3 Å². The third-order valence-corrected chi connectivity index (χ3v) is 6.57. The number of hydrogen-bond donors (Lipinski definition) is 1. The molecule has 8 heteroatoms. The van der Waals surface area contributed by atoms with E-state index in [1.165, 1.54) is 23.3 Å². The van der Waals surface area contributed by atoms with Crippen LogP contribution in [0.15, 0.2) is 65.9 Å². The molecule has 168 valence electrons. The predicted octanol–water partition coefficient (Wildman–Crippen LogP) is 4.33. The molecular weight excluding hydrogens is 440 g/mol. The van der Waals surface area contributed by atoms with E-state index in [4.69, 9.17) is 4.74 Å². The maximum atomic E-state index is 13.5. The summed E-state index contributed by atoms with van der Waals surface area (Å²) in [6, 6.07) is 15.0. The minimum absolute atomic E-state index is 0.00787. The van der Waals surface area contributed by atoms with E-state index < -0.39 is 29.5 Å².